The van der Waals surface area contributed by atoms with Gasteiger partial charge >= 0.3 is 0 Å². The molecule has 0 spiro atoms. The van der Waals surface area contributed by atoms with Gasteiger partial charge < -0.3 is 28.4 Å². The van der Waals surface area contributed by atoms with Crippen molar-refractivity contribution in [3.05, 3.63) is 47.5 Å². The number of benzene rings is 2. The highest BCUT2D eigenvalue weighted by molar-refractivity contribution is 6.04. The Bertz CT molecular complexity index is 819. The van der Waals surface area contributed by atoms with Crippen LogP contribution < -0.4 is 28.4 Å². The van der Waals surface area contributed by atoms with E-state index < -0.39 is 0 Å². The standard InChI is InChI=1S/C23H26O7/c1-25-18-11-15(12-19(26-2)22(18)29-5)7-9-17(24)10-8-16-13-20(27-3)23(30-6)21(14-16)28-4/h7-14H,1-6H3. The van der Waals surface area contributed by atoms with Gasteiger partial charge in [-0.15, -0.1) is 0 Å². The Morgan fingerprint density at radius 1 is 0.567 bits per heavy atom. The topological polar surface area (TPSA) is 72.5 Å². The minimum Gasteiger partial charge on any atom is -0.493 e. The number of ether oxygens (including phenoxy) is 6. The second-order valence-electron chi connectivity index (χ2n) is 5.99. The maximum atomic E-state index is 12.3. The van der Waals surface area contributed by atoms with Gasteiger partial charge in [0.05, 0.1) is 42.7 Å². The first kappa shape index (κ1) is 22.7. The van der Waals surface area contributed by atoms with E-state index in [0.29, 0.717) is 34.5 Å². The molecule has 0 aliphatic heterocycles. The lowest BCUT2D eigenvalue weighted by atomic mass is 10.1. The van der Waals surface area contributed by atoms with Gasteiger partial charge in [-0.1, -0.05) is 12.2 Å². The highest BCUT2D eigenvalue weighted by Gasteiger charge is 2.13. The van der Waals surface area contributed by atoms with Gasteiger partial charge in [0.25, 0.3) is 0 Å². The molecule has 7 nitrogen and oxygen atoms in total. The van der Waals surface area contributed by atoms with Crippen molar-refractivity contribution in [3.63, 3.8) is 0 Å². The number of allylic oxidation sites excluding steroid dienone is 2. The van der Waals surface area contributed by atoms with Crippen LogP contribution in [-0.4, -0.2) is 48.4 Å². The van der Waals surface area contributed by atoms with Crippen molar-refractivity contribution < 1.29 is 33.2 Å². The number of hydrogen-bond donors (Lipinski definition) is 0. The SMILES string of the molecule is COc1cc(C=CC(=O)C=Cc2cc(OC)c(OC)c(OC)c2)cc(OC)c1OC. The van der Waals surface area contributed by atoms with Crippen LogP contribution in [0.15, 0.2) is 36.4 Å². The van der Waals surface area contributed by atoms with Gasteiger partial charge in [0.15, 0.2) is 28.8 Å². The molecule has 2 aromatic rings. The molecule has 2 aromatic carbocycles. The third kappa shape index (κ3) is 5.26. The Kier molecular flexibility index (Phi) is 8.17. The van der Waals surface area contributed by atoms with E-state index in [9.17, 15) is 4.79 Å². The van der Waals surface area contributed by atoms with E-state index in [4.69, 9.17) is 28.4 Å². The summed E-state index contributed by atoms with van der Waals surface area (Å²) in [5.74, 6) is 2.83. The lowest BCUT2D eigenvalue weighted by Gasteiger charge is -2.12. The molecular weight excluding hydrogens is 388 g/mol. The molecule has 0 N–H and O–H groups in total. The van der Waals surface area contributed by atoms with Gasteiger partial charge in [0, 0.05) is 0 Å². The molecule has 0 heterocycles. The molecule has 0 saturated heterocycles. The van der Waals surface area contributed by atoms with E-state index in [1.807, 2.05) is 0 Å². The first-order valence-corrected chi connectivity index (χ1v) is 9.01. The van der Waals surface area contributed by atoms with Crippen molar-refractivity contribution in [1.29, 1.82) is 0 Å². The van der Waals surface area contributed by atoms with Gasteiger partial charge in [-0.25, -0.2) is 0 Å². The third-order valence-corrected chi connectivity index (χ3v) is 4.25. The van der Waals surface area contributed by atoms with Gasteiger partial charge in [0.2, 0.25) is 11.5 Å². The van der Waals surface area contributed by atoms with Crippen LogP contribution in [0, 0.1) is 0 Å². The molecular formula is C23H26O7. The predicted octanol–water partition coefficient (Wildman–Crippen LogP) is 4.03. The van der Waals surface area contributed by atoms with Crippen LogP contribution in [0.3, 0.4) is 0 Å². The average molecular weight is 414 g/mol. The molecule has 0 fully saturated rings. The molecule has 160 valence electrons. The lowest BCUT2D eigenvalue weighted by molar-refractivity contribution is -0.110. The number of rotatable bonds is 10. The van der Waals surface area contributed by atoms with E-state index in [1.54, 1.807) is 36.4 Å². The Morgan fingerprint density at radius 2 is 0.867 bits per heavy atom. The second kappa shape index (κ2) is 10.8. The smallest absolute Gasteiger partial charge is 0.203 e. The fourth-order valence-electron chi connectivity index (χ4n) is 2.81. The van der Waals surface area contributed by atoms with Crippen LogP contribution >= 0.6 is 0 Å². The number of hydrogen-bond acceptors (Lipinski definition) is 7. The molecule has 0 unspecified atom stereocenters. The Balaban J connectivity index is 2.23. The molecule has 0 aromatic heterocycles. The van der Waals surface area contributed by atoms with Crippen LogP contribution in [0.2, 0.25) is 0 Å². The second-order valence-corrected chi connectivity index (χ2v) is 5.99. The summed E-state index contributed by atoms with van der Waals surface area (Å²) in [5.41, 5.74) is 1.47. The average Bonchev–Trinajstić information content (AvgIpc) is 2.79. The minimum atomic E-state index is -0.197. The fourth-order valence-corrected chi connectivity index (χ4v) is 2.81. The summed E-state index contributed by atoms with van der Waals surface area (Å²) < 4.78 is 31.9. The summed E-state index contributed by atoms with van der Waals surface area (Å²) in [6.07, 6.45) is 6.25. The minimum absolute atomic E-state index is 0.197. The zero-order chi connectivity index (χ0) is 22.1. The molecule has 0 atom stereocenters. The molecule has 0 radical (unpaired) electrons. The predicted molar refractivity (Wildman–Crippen MR) is 115 cm³/mol. The maximum Gasteiger partial charge on any atom is 0.203 e. The fraction of sp³-hybridized carbons (Fsp3) is 0.261. The Hall–Kier alpha value is -3.61. The lowest BCUT2D eigenvalue weighted by Crippen LogP contribution is -1.96. The van der Waals surface area contributed by atoms with E-state index in [2.05, 4.69) is 0 Å². The summed E-state index contributed by atoms with van der Waals surface area (Å²) >= 11 is 0. The van der Waals surface area contributed by atoms with Crippen molar-refractivity contribution in [2.24, 2.45) is 0 Å². The normalized spacial score (nSPS) is 10.9. The molecule has 0 aliphatic carbocycles. The molecule has 0 amide bonds. The van der Waals surface area contributed by atoms with Crippen molar-refractivity contribution in [1.82, 2.24) is 0 Å². The number of methoxy groups -OCH3 is 6. The van der Waals surface area contributed by atoms with Gasteiger partial charge in [-0.2, -0.15) is 0 Å². The van der Waals surface area contributed by atoms with Crippen LogP contribution in [0.25, 0.3) is 12.2 Å². The summed E-state index contributed by atoms with van der Waals surface area (Å²) in [5, 5.41) is 0. The Morgan fingerprint density at radius 3 is 1.10 bits per heavy atom. The summed E-state index contributed by atoms with van der Waals surface area (Å²) in [6, 6.07) is 7.03. The quantitative estimate of drug-likeness (QED) is 0.544. The van der Waals surface area contributed by atoms with Crippen LogP contribution in [0.1, 0.15) is 11.1 Å². The van der Waals surface area contributed by atoms with Gasteiger partial charge in [-0.05, 0) is 47.5 Å². The number of carbonyl (C=O) groups is 1. The van der Waals surface area contributed by atoms with E-state index in [0.717, 1.165) is 11.1 Å². The van der Waals surface area contributed by atoms with Crippen LogP contribution in [-0.2, 0) is 4.79 Å². The third-order valence-electron chi connectivity index (χ3n) is 4.25. The maximum absolute atomic E-state index is 12.3. The molecule has 0 bridgehead atoms. The zero-order valence-electron chi connectivity index (χ0n) is 18.0. The van der Waals surface area contributed by atoms with Crippen molar-refractivity contribution >= 4 is 17.9 Å². The van der Waals surface area contributed by atoms with Crippen LogP contribution in [0.5, 0.6) is 34.5 Å². The largest absolute Gasteiger partial charge is 0.493 e. The highest BCUT2D eigenvalue weighted by Crippen LogP contribution is 2.39. The van der Waals surface area contributed by atoms with Gasteiger partial charge in [0.1, 0.15) is 0 Å². The first-order valence-electron chi connectivity index (χ1n) is 9.01. The molecule has 2 rings (SSSR count). The van der Waals surface area contributed by atoms with Crippen molar-refractivity contribution in [2.45, 2.75) is 0 Å². The van der Waals surface area contributed by atoms with Gasteiger partial charge in [-0.3, -0.25) is 4.79 Å². The molecule has 30 heavy (non-hydrogen) atoms. The molecule has 7 heteroatoms. The van der Waals surface area contributed by atoms with E-state index in [1.165, 1.54) is 54.8 Å². The number of carbonyl (C=O) groups excluding carboxylic acids is 1. The van der Waals surface area contributed by atoms with Crippen LogP contribution in [0.4, 0.5) is 0 Å². The summed E-state index contributed by atoms with van der Waals surface area (Å²) in [7, 11) is 9.22. The van der Waals surface area contributed by atoms with E-state index in [-0.39, 0.29) is 5.78 Å². The Labute approximate surface area is 176 Å². The van der Waals surface area contributed by atoms with E-state index >= 15 is 0 Å². The highest BCUT2D eigenvalue weighted by atomic mass is 16.5. The monoisotopic (exact) mass is 414 g/mol. The summed E-state index contributed by atoms with van der Waals surface area (Å²) in [4.78, 5) is 12.3. The van der Waals surface area contributed by atoms with Crippen molar-refractivity contribution in [2.75, 3.05) is 42.7 Å². The zero-order valence-corrected chi connectivity index (χ0v) is 18.0. The molecule has 0 saturated carbocycles. The first-order chi connectivity index (χ1) is 14.5. The summed E-state index contributed by atoms with van der Waals surface area (Å²) in [6.45, 7) is 0. The van der Waals surface area contributed by atoms with Crippen molar-refractivity contribution in [3.8, 4) is 34.5 Å². The molecule has 0 aliphatic rings. The number of ketones is 1.